The third kappa shape index (κ3) is 2.63. The molecule has 3 heterocycles. The maximum absolute atomic E-state index is 13.0. The molecule has 0 aliphatic carbocycles. The van der Waals surface area contributed by atoms with Gasteiger partial charge in [0.25, 0.3) is 5.91 Å². The molecule has 6 heteroatoms. The quantitative estimate of drug-likeness (QED) is 0.775. The van der Waals surface area contributed by atoms with Crippen molar-refractivity contribution in [3.63, 3.8) is 0 Å². The minimum atomic E-state index is -0.0216. The number of rotatable bonds is 2. The van der Waals surface area contributed by atoms with Crippen LogP contribution >= 0.6 is 11.3 Å². The van der Waals surface area contributed by atoms with E-state index in [1.54, 1.807) is 17.4 Å². The molecule has 1 atom stereocenters. The Morgan fingerprint density at radius 1 is 1.29 bits per heavy atom. The zero-order valence-corrected chi connectivity index (χ0v) is 14.2. The highest BCUT2D eigenvalue weighted by Crippen LogP contribution is 2.35. The van der Waals surface area contributed by atoms with Crippen molar-refractivity contribution in [1.82, 2.24) is 14.9 Å². The maximum Gasteiger partial charge on any atom is 0.264 e. The predicted molar refractivity (Wildman–Crippen MR) is 96.0 cm³/mol. The van der Waals surface area contributed by atoms with Crippen molar-refractivity contribution in [3.8, 4) is 0 Å². The van der Waals surface area contributed by atoms with E-state index in [4.69, 9.17) is 5.73 Å². The number of thiophene rings is 1. The second-order valence-electron chi connectivity index (χ2n) is 6.07. The number of aromatic nitrogens is 2. The third-order valence-electron chi connectivity index (χ3n) is 4.37. The summed E-state index contributed by atoms with van der Waals surface area (Å²) in [6, 6.07) is 11.8. The van der Waals surface area contributed by atoms with Gasteiger partial charge in [-0.25, -0.2) is 9.97 Å². The lowest BCUT2D eigenvalue weighted by atomic mass is 10.1. The van der Waals surface area contributed by atoms with E-state index in [0.717, 1.165) is 40.0 Å². The molecular weight excluding hydrogens is 320 g/mol. The molecule has 5 nitrogen and oxygen atoms in total. The second-order valence-corrected chi connectivity index (χ2v) is 7.15. The molecule has 2 aromatic heterocycles. The Kier molecular flexibility index (Phi) is 3.69. The molecule has 1 aliphatic rings. The Morgan fingerprint density at radius 2 is 2.12 bits per heavy atom. The summed E-state index contributed by atoms with van der Waals surface area (Å²) in [5.41, 5.74) is 6.70. The summed E-state index contributed by atoms with van der Waals surface area (Å²) in [5, 5.41) is 1.11. The van der Waals surface area contributed by atoms with Crippen molar-refractivity contribution >= 4 is 33.1 Å². The number of likely N-dealkylation sites (tertiary alicyclic amines) is 1. The number of hydrogen-bond acceptors (Lipinski definition) is 5. The molecule has 3 aromatic rings. The van der Waals surface area contributed by atoms with Crippen molar-refractivity contribution in [2.45, 2.75) is 25.8 Å². The van der Waals surface area contributed by atoms with E-state index in [9.17, 15) is 4.79 Å². The van der Waals surface area contributed by atoms with Crippen LogP contribution in [0, 0.1) is 6.92 Å². The Labute approximate surface area is 144 Å². The first kappa shape index (κ1) is 15.1. The van der Waals surface area contributed by atoms with Gasteiger partial charge in [0.15, 0.2) is 0 Å². The zero-order chi connectivity index (χ0) is 16.7. The van der Waals surface area contributed by atoms with Crippen LogP contribution in [0.1, 0.15) is 40.1 Å². The first-order chi connectivity index (χ1) is 11.6. The fraction of sp³-hybridized carbons (Fsp3) is 0.278. The Morgan fingerprint density at radius 3 is 2.92 bits per heavy atom. The van der Waals surface area contributed by atoms with Gasteiger partial charge >= 0.3 is 0 Å². The molecule has 1 fully saturated rings. The molecule has 122 valence electrons. The minimum absolute atomic E-state index is 0.0216. The van der Waals surface area contributed by atoms with Gasteiger partial charge in [-0.15, -0.1) is 11.3 Å². The topological polar surface area (TPSA) is 72.1 Å². The number of carbonyl (C=O) groups is 1. The van der Waals surface area contributed by atoms with E-state index in [0.29, 0.717) is 11.6 Å². The van der Waals surface area contributed by atoms with E-state index in [1.165, 1.54) is 0 Å². The van der Waals surface area contributed by atoms with E-state index < -0.39 is 0 Å². The number of carbonyl (C=O) groups excluding carboxylic acids is 1. The first-order valence-corrected chi connectivity index (χ1v) is 8.84. The summed E-state index contributed by atoms with van der Waals surface area (Å²) >= 11 is 1.55. The molecule has 0 radical (unpaired) electrons. The lowest BCUT2D eigenvalue weighted by Gasteiger charge is -2.24. The van der Waals surface area contributed by atoms with Gasteiger partial charge in [0.1, 0.15) is 11.6 Å². The molecule has 1 aliphatic heterocycles. The van der Waals surface area contributed by atoms with Crippen LogP contribution in [-0.4, -0.2) is 27.3 Å². The number of nitrogens with zero attached hydrogens (tertiary/aromatic N) is 3. The van der Waals surface area contributed by atoms with Gasteiger partial charge in [-0.2, -0.15) is 0 Å². The molecule has 0 spiro atoms. The number of hydrogen-bond donors (Lipinski definition) is 1. The number of nitrogens with two attached hydrogens (primary N) is 1. The highest BCUT2D eigenvalue weighted by atomic mass is 32.1. The van der Waals surface area contributed by atoms with Gasteiger partial charge in [0.05, 0.1) is 16.6 Å². The average Bonchev–Trinajstić information content (AvgIpc) is 3.20. The first-order valence-electron chi connectivity index (χ1n) is 8.02. The Hall–Kier alpha value is -2.47. The number of anilines is 1. The van der Waals surface area contributed by atoms with Crippen LogP contribution in [-0.2, 0) is 0 Å². The zero-order valence-electron chi connectivity index (χ0n) is 13.4. The number of nitrogen functional groups attached to an aromatic ring is 1. The Balaban J connectivity index is 1.67. The SMILES string of the molecule is Cc1nc(N)cc([C@H]2CCCN2C(=O)c2cc3ccccc3s2)n1. The van der Waals surface area contributed by atoms with Crippen molar-refractivity contribution in [2.75, 3.05) is 12.3 Å². The predicted octanol–water partition coefficient (Wildman–Crippen LogP) is 3.56. The van der Waals surface area contributed by atoms with Crippen LogP contribution < -0.4 is 5.73 Å². The summed E-state index contributed by atoms with van der Waals surface area (Å²) in [6.07, 6.45) is 1.89. The molecule has 1 saturated heterocycles. The number of amides is 1. The number of benzene rings is 1. The van der Waals surface area contributed by atoms with E-state index in [1.807, 2.05) is 42.2 Å². The normalized spacial score (nSPS) is 17.5. The van der Waals surface area contributed by atoms with Gasteiger partial charge in [0, 0.05) is 17.3 Å². The van der Waals surface area contributed by atoms with Crippen LogP contribution in [0.4, 0.5) is 5.82 Å². The standard InChI is InChI=1S/C18H18N4OS/c1-11-20-13(10-17(19)21-11)14-6-4-8-22(14)18(23)16-9-12-5-2-3-7-15(12)24-16/h2-3,5,7,9-10,14H,4,6,8H2,1H3,(H2,19,20,21)/t14-/m1/s1. The summed E-state index contributed by atoms with van der Waals surface area (Å²) in [4.78, 5) is 24.4. The minimum Gasteiger partial charge on any atom is -0.384 e. The average molecular weight is 338 g/mol. The summed E-state index contributed by atoms with van der Waals surface area (Å²) in [5.74, 6) is 1.18. The van der Waals surface area contributed by atoms with Crippen molar-refractivity contribution in [1.29, 1.82) is 0 Å². The molecule has 0 saturated carbocycles. The van der Waals surface area contributed by atoms with Crippen LogP contribution in [0.2, 0.25) is 0 Å². The summed E-state index contributed by atoms with van der Waals surface area (Å²) in [6.45, 7) is 2.58. The molecule has 24 heavy (non-hydrogen) atoms. The molecule has 0 bridgehead atoms. The van der Waals surface area contributed by atoms with Crippen molar-refractivity contribution < 1.29 is 4.79 Å². The van der Waals surface area contributed by atoms with E-state index in [2.05, 4.69) is 9.97 Å². The van der Waals surface area contributed by atoms with Crippen molar-refractivity contribution in [3.05, 3.63) is 52.8 Å². The Bertz CT molecular complexity index is 867. The van der Waals surface area contributed by atoms with Crippen LogP contribution in [0.5, 0.6) is 0 Å². The molecule has 4 rings (SSSR count). The smallest absolute Gasteiger partial charge is 0.264 e. The largest absolute Gasteiger partial charge is 0.384 e. The van der Waals surface area contributed by atoms with Crippen molar-refractivity contribution in [2.24, 2.45) is 0 Å². The number of fused-ring (bicyclic) bond motifs is 1. The fourth-order valence-electron chi connectivity index (χ4n) is 3.33. The van der Waals surface area contributed by atoms with Gasteiger partial charge in [0.2, 0.25) is 0 Å². The van der Waals surface area contributed by atoms with E-state index in [-0.39, 0.29) is 11.9 Å². The maximum atomic E-state index is 13.0. The van der Waals surface area contributed by atoms with Gasteiger partial charge in [-0.1, -0.05) is 18.2 Å². The van der Waals surface area contributed by atoms with Gasteiger partial charge in [-0.05, 0) is 37.3 Å². The molecule has 2 N–H and O–H groups in total. The second kappa shape index (κ2) is 5.87. The number of aryl methyl sites for hydroxylation is 1. The van der Waals surface area contributed by atoms with Crippen LogP contribution in [0.25, 0.3) is 10.1 Å². The summed E-state index contributed by atoms with van der Waals surface area (Å²) < 4.78 is 1.14. The highest BCUT2D eigenvalue weighted by Gasteiger charge is 2.32. The van der Waals surface area contributed by atoms with E-state index >= 15 is 0 Å². The summed E-state index contributed by atoms with van der Waals surface area (Å²) in [7, 11) is 0. The van der Waals surface area contributed by atoms with Crippen LogP contribution in [0.3, 0.4) is 0 Å². The molecule has 1 aromatic carbocycles. The monoisotopic (exact) mass is 338 g/mol. The molecule has 0 unspecified atom stereocenters. The lowest BCUT2D eigenvalue weighted by Crippen LogP contribution is -2.30. The molecular formula is C18H18N4OS. The lowest BCUT2D eigenvalue weighted by molar-refractivity contribution is 0.0737. The van der Waals surface area contributed by atoms with Gasteiger partial charge < -0.3 is 10.6 Å². The third-order valence-corrected chi connectivity index (χ3v) is 5.47. The molecule has 1 amide bonds. The fourth-order valence-corrected chi connectivity index (χ4v) is 4.35. The highest BCUT2D eigenvalue weighted by molar-refractivity contribution is 7.20. The van der Waals surface area contributed by atoms with Crippen LogP contribution in [0.15, 0.2) is 36.4 Å². The van der Waals surface area contributed by atoms with Gasteiger partial charge in [-0.3, -0.25) is 4.79 Å².